The minimum atomic E-state index is 0.233. The monoisotopic (exact) mass is 274 g/mol. The maximum absolute atomic E-state index is 12.3. The largest absolute Gasteiger partial charge is 0.336 e. The number of carbonyl (C=O) groups is 1. The number of carbonyl (C=O) groups excluding carboxylic acids is 1. The third-order valence-corrected chi connectivity index (χ3v) is 4.21. The Morgan fingerprint density at radius 1 is 1.20 bits per heavy atom. The molecular weight excluding hydrogens is 248 g/mol. The van der Waals surface area contributed by atoms with Crippen LogP contribution in [-0.2, 0) is 11.3 Å². The van der Waals surface area contributed by atoms with Crippen LogP contribution in [-0.4, -0.2) is 29.4 Å². The molecule has 0 saturated carbocycles. The van der Waals surface area contributed by atoms with E-state index in [-0.39, 0.29) is 5.91 Å². The van der Waals surface area contributed by atoms with Gasteiger partial charge in [0.15, 0.2) is 0 Å². The molecule has 110 valence electrons. The highest BCUT2D eigenvalue weighted by Crippen LogP contribution is 2.22. The molecule has 3 nitrogen and oxygen atoms in total. The van der Waals surface area contributed by atoms with Crippen LogP contribution < -0.4 is 5.32 Å². The molecule has 1 aliphatic rings. The number of rotatable bonds is 4. The molecule has 20 heavy (non-hydrogen) atoms. The second kappa shape index (κ2) is 6.89. The van der Waals surface area contributed by atoms with Crippen LogP contribution in [0.5, 0.6) is 0 Å². The number of amides is 1. The zero-order chi connectivity index (χ0) is 14.5. The third kappa shape index (κ3) is 3.83. The number of likely N-dealkylation sites (tertiary alicyclic amines) is 1. The molecule has 2 unspecified atom stereocenters. The first kappa shape index (κ1) is 15.0. The molecule has 0 aromatic heterocycles. The Balaban J connectivity index is 1.81. The summed E-state index contributed by atoms with van der Waals surface area (Å²) in [5.74, 6) is 0.233. The molecule has 1 aromatic rings. The first-order chi connectivity index (χ1) is 9.58. The predicted octanol–water partition coefficient (Wildman–Crippen LogP) is 2.87. The summed E-state index contributed by atoms with van der Waals surface area (Å²) in [5, 5.41) is 3.27. The molecule has 3 heteroatoms. The Kier molecular flexibility index (Phi) is 5.18. The molecule has 0 spiro atoms. The fourth-order valence-electron chi connectivity index (χ4n) is 3.02. The van der Waals surface area contributed by atoms with E-state index in [1.54, 1.807) is 0 Å². The number of piperidine rings is 1. The summed E-state index contributed by atoms with van der Waals surface area (Å²) >= 11 is 0. The van der Waals surface area contributed by atoms with Crippen LogP contribution in [0.2, 0.25) is 0 Å². The van der Waals surface area contributed by atoms with Crippen LogP contribution in [0, 0.1) is 6.92 Å². The van der Waals surface area contributed by atoms with Gasteiger partial charge in [0.05, 0.1) is 6.54 Å². The molecule has 1 fully saturated rings. The van der Waals surface area contributed by atoms with E-state index in [4.69, 9.17) is 0 Å². The molecule has 1 heterocycles. The van der Waals surface area contributed by atoms with Gasteiger partial charge in [-0.25, -0.2) is 0 Å². The van der Waals surface area contributed by atoms with E-state index in [1.165, 1.54) is 17.5 Å². The van der Waals surface area contributed by atoms with Crippen molar-refractivity contribution in [1.29, 1.82) is 0 Å². The molecule has 1 amide bonds. The average molecular weight is 274 g/mol. The van der Waals surface area contributed by atoms with Crippen LogP contribution >= 0.6 is 0 Å². The maximum atomic E-state index is 12.3. The number of aryl methyl sites for hydroxylation is 1. The summed E-state index contributed by atoms with van der Waals surface area (Å²) in [5.41, 5.74) is 2.49. The molecule has 1 aliphatic heterocycles. The highest BCUT2D eigenvalue weighted by atomic mass is 16.2. The molecule has 1 N–H and O–H groups in total. The summed E-state index contributed by atoms with van der Waals surface area (Å²) in [7, 11) is 0. The number of hydrogen-bond donors (Lipinski definition) is 1. The van der Waals surface area contributed by atoms with Crippen molar-refractivity contribution in [2.24, 2.45) is 0 Å². The van der Waals surface area contributed by atoms with Crippen LogP contribution in [0.3, 0.4) is 0 Å². The van der Waals surface area contributed by atoms with Crippen LogP contribution in [0.4, 0.5) is 0 Å². The van der Waals surface area contributed by atoms with Gasteiger partial charge in [0.1, 0.15) is 0 Å². The van der Waals surface area contributed by atoms with Crippen molar-refractivity contribution in [2.75, 3.05) is 6.54 Å². The third-order valence-electron chi connectivity index (χ3n) is 4.21. The van der Waals surface area contributed by atoms with Crippen molar-refractivity contribution in [3.8, 4) is 0 Å². The van der Waals surface area contributed by atoms with Crippen molar-refractivity contribution in [2.45, 2.75) is 58.7 Å². The number of benzene rings is 1. The van der Waals surface area contributed by atoms with Crippen molar-refractivity contribution in [3.63, 3.8) is 0 Å². The van der Waals surface area contributed by atoms with Gasteiger partial charge >= 0.3 is 0 Å². The molecule has 0 bridgehead atoms. The van der Waals surface area contributed by atoms with Crippen molar-refractivity contribution in [1.82, 2.24) is 10.2 Å². The summed E-state index contributed by atoms with van der Waals surface area (Å²) < 4.78 is 0. The van der Waals surface area contributed by atoms with Crippen molar-refractivity contribution >= 4 is 5.91 Å². The molecule has 1 saturated heterocycles. The Bertz CT molecular complexity index is 431. The minimum Gasteiger partial charge on any atom is -0.336 e. The first-order valence-electron chi connectivity index (χ1n) is 7.65. The quantitative estimate of drug-likeness (QED) is 0.915. The fourth-order valence-corrected chi connectivity index (χ4v) is 3.02. The average Bonchev–Trinajstić information content (AvgIpc) is 2.41. The van der Waals surface area contributed by atoms with Crippen LogP contribution in [0.15, 0.2) is 24.3 Å². The lowest BCUT2D eigenvalue weighted by Gasteiger charge is -2.39. The van der Waals surface area contributed by atoms with Gasteiger partial charge in [-0.15, -0.1) is 0 Å². The van der Waals surface area contributed by atoms with E-state index in [0.717, 1.165) is 19.4 Å². The minimum absolute atomic E-state index is 0.233. The highest BCUT2D eigenvalue weighted by Gasteiger charge is 2.28. The van der Waals surface area contributed by atoms with Crippen LogP contribution in [0.25, 0.3) is 0 Å². The van der Waals surface area contributed by atoms with Gasteiger partial charge < -0.3 is 10.2 Å². The van der Waals surface area contributed by atoms with E-state index in [0.29, 0.717) is 18.6 Å². The van der Waals surface area contributed by atoms with E-state index >= 15 is 0 Å². The smallest absolute Gasteiger partial charge is 0.237 e. The Hall–Kier alpha value is -1.35. The Morgan fingerprint density at radius 3 is 2.40 bits per heavy atom. The van der Waals surface area contributed by atoms with Gasteiger partial charge in [-0.1, -0.05) is 29.8 Å². The van der Waals surface area contributed by atoms with Gasteiger partial charge in [0.2, 0.25) is 5.91 Å². The zero-order valence-corrected chi connectivity index (χ0v) is 12.9. The van der Waals surface area contributed by atoms with E-state index in [9.17, 15) is 4.79 Å². The molecule has 0 radical (unpaired) electrons. The standard InChI is InChI=1S/C17H26N2O/c1-13-7-9-16(10-8-13)11-18-12-17(20)19-14(2)5-4-6-15(19)3/h7-10,14-15,18H,4-6,11-12H2,1-3H3. The summed E-state index contributed by atoms with van der Waals surface area (Å²) in [4.78, 5) is 14.4. The van der Waals surface area contributed by atoms with Gasteiger partial charge in [-0.3, -0.25) is 4.79 Å². The Morgan fingerprint density at radius 2 is 1.80 bits per heavy atom. The zero-order valence-electron chi connectivity index (χ0n) is 12.9. The van der Waals surface area contributed by atoms with Crippen molar-refractivity contribution in [3.05, 3.63) is 35.4 Å². The van der Waals surface area contributed by atoms with Gasteiger partial charge in [-0.2, -0.15) is 0 Å². The predicted molar refractivity (Wildman–Crippen MR) is 82.5 cm³/mol. The lowest BCUT2D eigenvalue weighted by molar-refractivity contribution is -0.136. The first-order valence-corrected chi connectivity index (χ1v) is 7.65. The number of nitrogens with zero attached hydrogens (tertiary/aromatic N) is 1. The topological polar surface area (TPSA) is 32.3 Å². The molecule has 1 aromatic carbocycles. The normalized spacial score (nSPS) is 22.9. The lowest BCUT2D eigenvalue weighted by atomic mass is 9.97. The molecular formula is C17H26N2O. The second-order valence-electron chi connectivity index (χ2n) is 6.02. The molecule has 2 atom stereocenters. The Labute approximate surface area is 122 Å². The van der Waals surface area contributed by atoms with Gasteiger partial charge in [0.25, 0.3) is 0 Å². The SMILES string of the molecule is Cc1ccc(CNCC(=O)N2C(C)CCCC2C)cc1. The fraction of sp³-hybridized carbons (Fsp3) is 0.588. The van der Waals surface area contributed by atoms with Gasteiger partial charge in [0, 0.05) is 18.6 Å². The molecule has 2 rings (SSSR count). The van der Waals surface area contributed by atoms with E-state index in [1.807, 2.05) is 0 Å². The summed E-state index contributed by atoms with van der Waals surface area (Å²) in [6.45, 7) is 7.59. The summed E-state index contributed by atoms with van der Waals surface area (Å²) in [6, 6.07) is 9.19. The molecule has 0 aliphatic carbocycles. The van der Waals surface area contributed by atoms with Crippen LogP contribution in [0.1, 0.15) is 44.2 Å². The maximum Gasteiger partial charge on any atom is 0.237 e. The highest BCUT2D eigenvalue weighted by molar-refractivity contribution is 5.79. The van der Waals surface area contributed by atoms with E-state index in [2.05, 4.69) is 55.3 Å². The summed E-state index contributed by atoms with van der Waals surface area (Å²) in [6.07, 6.45) is 3.50. The van der Waals surface area contributed by atoms with Crippen molar-refractivity contribution < 1.29 is 4.79 Å². The van der Waals surface area contributed by atoms with Gasteiger partial charge in [-0.05, 0) is 45.6 Å². The van der Waals surface area contributed by atoms with E-state index < -0.39 is 0 Å². The number of nitrogens with one attached hydrogen (secondary N) is 1. The number of hydrogen-bond acceptors (Lipinski definition) is 2. The lowest BCUT2D eigenvalue weighted by Crippen LogP contribution is -2.50. The second-order valence-corrected chi connectivity index (χ2v) is 6.02.